The second-order valence-electron chi connectivity index (χ2n) is 3.92. The lowest BCUT2D eigenvalue weighted by atomic mass is 10.1. The Hall–Kier alpha value is -2.60. The summed E-state index contributed by atoms with van der Waals surface area (Å²) in [6, 6.07) is 17.4. The van der Waals surface area contributed by atoms with Crippen molar-refractivity contribution < 1.29 is 0 Å². The van der Waals surface area contributed by atoms with E-state index in [0.29, 0.717) is 5.56 Å². The van der Waals surface area contributed by atoms with Gasteiger partial charge in [0.2, 0.25) is 0 Å². The predicted molar refractivity (Wildman–Crippen MR) is 73.6 cm³/mol. The molecule has 0 aliphatic rings. The molecular formula is C15H13N3. The zero-order valence-corrected chi connectivity index (χ0v) is 10.1. The van der Waals surface area contributed by atoms with Crippen LogP contribution in [0.25, 0.3) is 0 Å². The number of para-hydroxylation sites is 1. The number of rotatable bonds is 3. The van der Waals surface area contributed by atoms with Gasteiger partial charge in [-0.1, -0.05) is 24.3 Å². The Bertz CT molecular complexity index is 595. The third kappa shape index (κ3) is 2.96. The van der Waals surface area contributed by atoms with Crippen molar-refractivity contribution in [1.29, 1.82) is 5.26 Å². The van der Waals surface area contributed by atoms with Gasteiger partial charge in [0.15, 0.2) is 0 Å². The van der Waals surface area contributed by atoms with E-state index in [2.05, 4.69) is 16.6 Å². The smallest absolute Gasteiger partial charge is 0.0991 e. The molecule has 0 aromatic heterocycles. The van der Waals surface area contributed by atoms with Crippen molar-refractivity contribution in [2.45, 2.75) is 6.92 Å². The van der Waals surface area contributed by atoms with Crippen LogP contribution in [-0.4, -0.2) is 6.21 Å². The minimum absolute atomic E-state index is 0.641. The lowest BCUT2D eigenvalue weighted by Crippen LogP contribution is -1.93. The Balaban J connectivity index is 2.12. The van der Waals surface area contributed by atoms with Crippen molar-refractivity contribution >= 4 is 11.9 Å². The summed E-state index contributed by atoms with van der Waals surface area (Å²) in [5.41, 5.74) is 6.55. The summed E-state index contributed by atoms with van der Waals surface area (Å²) in [6.07, 6.45) is 1.73. The van der Waals surface area contributed by atoms with E-state index < -0.39 is 0 Å². The van der Waals surface area contributed by atoms with E-state index in [9.17, 15) is 0 Å². The van der Waals surface area contributed by atoms with E-state index in [1.807, 2.05) is 49.4 Å². The summed E-state index contributed by atoms with van der Waals surface area (Å²) in [6.45, 7) is 1.99. The van der Waals surface area contributed by atoms with E-state index in [1.165, 1.54) is 0 Å². The molecule has 2 aromatic carbocycles. The van der Waals surface area contributed by atoms with Gasteiger partial charge in [0.1, 0.15) is 0 Å². The molecule has 0 bridgehead atoms. The van der Waals surface area contributed by atoms with Crippen LogP contribution >= 0.6 is 0 Å². The minimum Gasteiger partial charge on any atom is -0.279 e. The highest BCUT2D eigenvalue weighted by Crippen LogP contribution is 2.09. The molecule has 0 radical (unpaired) electrons. The molecule has 0 fully saturated rings. The predicted octanol–water partition coefficient (Wildman–Crippen LogP) is 3.31. The maximum atomic E-state index is 8.85. The normalized spacial score (nSPS) is 10.2. The highest BCUT2D eigenvalue weighted by molar-refractivity contribution is 5.82. The van der Waals surface area contributed by atoms with Gasteiger partial charge in [0.25, 0.3) is 0 Å². The fourth-order valence-electron chi connectivity index (χ4n) is 1.54. The zero-order valence-electron chi connectivity index (χ0n) is 10.1. The molecule has 0 aliphatic carbocycles. The molecular weight excluding hydrogens is 222 g/mol. The van der Waals surface area contributed by atoms with Crippen molar-refractivity contribution in [1.82, 2.24) is 0 Å². The van der Waals surface area contributed by atoms with Crippen LogP contribution in [0.1, 0.15) is 16.7 Å². The Morgan fingerprint density at radius 1 is 1.17 bits per heavy atom. The number of nitrogens with zero attached hydrogens (tertiary/aromatic N) is 2. The number of nitrogens with one attached hydrogen (secondary N) is 1. The molecule has 2 aromatic rings. The van der Waals surface area contributed by atoms with E-state index >= 15 is 0 Å². The van der Waals surface area contributed by atoms with Crippen LogP contribution in [0.2, 0.25) is 0 Å². The maximum Gasteiger partial charge on any atom is 0.0991 e. The average Bonchev–Trinajstić information content (AvgIpc) is 2.42. The third-order valence-corrected chi connectivity index (χ3v) is 2.58. The summed E-state index contributed by atoms with van der Waals surface area (Å²) in [7, 11) is 0. The molecule has 0 amide bonds. The van der Waals surface area contributed by atoms with Crippen molar-refractivity contribution in [3.63, 3.8) is 0 Å². The molecule has 2 rings (SSSR count). The number of anilines is 1. The van der Waals surface area contributed by atoms with Gasteiger partial charge in [-0.3, -0.25) is 5.43 Å². The van der Waals surface area contributed by atoms with Crippen molar-refractivity contribution in [3.05, 3.63) is 65.2 Å². The summed E-state index contributed by atoms with van der Waals surface area (Å²) in [5.74, 6) is 0. The number of aryl methyl sites for hydroxylation is 1. The number of benzene rings is 2. The van der Waals surface area contributed by atoms with Crippen molar-refractivity contribution in [2.24, 2.45) is 5.10 Å². The molecule has 3 nitrogen and oxygen atoms in total. The van der Waals surface area contributed by atoms with Crippen LogP contribution in [-0.2, 0) is 0 Å². The highest BCUT2D eigenvalue weighted by Gasteiger charge is 1.97. The van der Waals surface area contributed by atoms with Gasteiger partial charge in [-0.2, -0.15) is 10.4 Å². The number of hydrazone groups is 1. The topological polar surface area (TPSA) is 48.2 Å². The number of hydrogen-bond donors (Lipinski definition) is 1. The van der Waals surface area contributed by atoms with Crippen LogP contribution in [0.3, 0.4) is 0 Å². The van der Waals surface area contributed by atoms with Gasteiger partial charge in [0, 0.05) is 0 Å². The minimum atomic E-state index is 0.641. The second-order valence-corrected chi connectivity index (χ2v) is 3.92. The van der Waals surface area contributed by atoms with Crippen molar-refractivity contribution in [2.75, 3.05) is 5.43 Å². The number of nitriles is 1. The molecule has 0 aliphatic heterocycles. The molecule has 18 heavy (non-hydrogen) atoms. The van der Waals surface area contributed by atoms with Crippen LogP contribution in [0.15, 0.2) is 53.6 Å². The fourth-order valence-corrected chi connectivity index (χ4v) is 1.54. The molecule has 88 valence electrons. The lowest BCUT2D eigenvalue weighted by molar-refractivity contribution is 1.34. The van der Waals surface area contributed by atoms with E-state index in [0.717, 1.165) is 16.8 Å². The van der Waals surface area contributed by atoms with E-state index in [4.69, 9.17) is 5.26 Å². The standard InChI is InChI=1S/C15H13N3/c1-12-7-8-13(10-16)9-14(12)11-17-18-15-5-3-2-4-6-15/h2-9,11,18H,1H3. The molecule has 0 atom stereocenters. The summed E-state index contributed by atoms with van der Waals surface area (Å²) >= 11 is 0. The fraction of sp³-hybridized carbons (Fsp3) is 0.0667. The van der Waals surface area contributed by atoms with Crippen LogP contribution in [0.4, 0.5) is 5.69 Å². The largest absolute Gasteiger partial charge is 0.279 e. The van der Waals surface area contributed by atoms with Gasteiger partial charge in [-0.05, 0) is 42.3 Å². The Morgan fingerprint density at radius 3 is 2.67 bits per heavy atom. The monoisotopic (exact) mass is 235 g/mol. The first kappa shape index (κ1) is 11.9. The Morgan fingerprint density at radius 2 is 1.94 bits per heavy atom. The summed E-state index contributed by atoms with van der Waals surface area (Å²) < 4.78 is 0. The van der Waals surface area contributed by atoms with Crippen LogP contribution in [0.5, 0.6) is 0 Å². The van der Waals surface area contributed by atoms with Gasteiger partial charge < -0.3 is 0 Å². The molecule has 1 N–H and O–H groups in total. The molecule has 0 unspecified atom stereocenters. The molecule has 0 spiro atoms. The number of hydrogen-bond acceptors (Lipinski definition) is 3. The van der Waals surface area contributed by atoms with Crippen molar-refractivity contribution in [3.8, 4) is 6.07 Å². The quantitative estimate of drug-likeness (QED) is 0.655. The Kier molecular flexibility index (Phi) is 3.72. The molecule has 0 saturated carbocycles. The van der Waals surface area contributed by atoms with Gasteiger partial charge in [0.05, 0.1) is 23.5 Å². The maximum absolute atomic E-state index is 8.85. The highest BCUT2D eigenvalue weighted by atomic mass is 15.3. The zero-order chi connectivity index (χ0) is 12.8. The average molecular weight is 235 g/mol. The lowest BCUT2D eigenvalue weighted by Gasteiger charge is -2.01. The van der Waals surface area contributed by atoms with Gasteiger partial charge in [-0.25, -0.2) is 0 Å². The summed E-state index contributed by atoms with van der Waals surface area (Å²) in [4.78, 5) is 0. The second kappa shape index (κ2) is 5.65. The molecule has 3 heteroatoms. The SMILES string of the molecule is Cc1ccc(C#N)cc1C=NNc1ccccc1. The van der Waals surface area contributed by atoms with Crippen LogP contribution in [0, 0.1) is 18.3 Å². The molecule has 0 heterocycles. The molecule has 0 saturated heterocycles. The van der Waals surface area contributed by atoms with Gasteiger partial charge in [-0.15, -0.1) is 0 Å². The van der Waals surface area contributed by atoms with E-state index in [1.54, 1.807) is 12.3 Å². The first-order valence-electron chi connectivity index (χ1n) is 5.64. The van der Waals surface area contributed by atoms with E-state index in [-0.39, 0.29) is 0 Å². The van der Waals surface area contributed by atoms with Gasteiger partial charge >= 0.3 is 0 Å². The Labute approximate surface area is 106 Å². The van der Waals surface area contributed by atoms with Crippen LogP contribution < -0.4 is 5.43 Å². The third-order valence-electron chi connectivity index (χ3n) is 2.58. The first-order chi connectivity index (χ1) is 8.79. The summed E-state index contributed by atoms with van der Waals surface area (Å²) in [5, 5.41) is 13.0. The first-order valence-corrected chi connectivity index (χ1v) is 5.64.